The third-order valence-electron chi connectivity index (χ3n) is 1.87. The fraction of sp³-hybridized carbons (Fsp3) is 0.625. The molecule has 3 nitrogen and oxygen atoms in total. The van der Waals surface area contributed by atoms with E-state index in [4.69, 9.17) is 9.84 Å². The van der Waals surface area contributed by atoms with Crippen molar-refractivity contribution in [3.05, 3.63) is 12.7 Å². The highest BCUT2D eigenvalue weighted by atomic mass is 16.6. The molecule has 0 aromatic rings. The summed E-state index contributed by atoms with van der Waals surface area (Å²) in [4.78, 5) is 10.7. The van der Waals surface area contributed by atoms with Gasteiger partial charge in [-0.05, 0) is 6.92 Å². The number of aliphatic hydroxyl groups is 1. The monoisotopic (exact) mass is 156 g/mol. The molecule has 1 saturated heterocycles. The number of carbonyl (C=O) groups is 1. The fourth-order valence-electron chi connectivity index (χ4n) is 1.27. The molecule has 1 rings (SSSR count). The van der Waals surface area contributed by atoms with E-state index < -0.39 is 6.10 Å². The molecule has 0 saturated carbocycles. The maximum atomic E-state index is 10.7. The van der Waals surface area contributed by atoms with Crippen molar-refractivity contribution in [2.75, 3.05) is 0 Å². The van der Waals surface area contributed by atoms with Gasteiger partial charge < -0.3 is 9.84 Å². The van der Waals surface area contributed by atoms with Crippen LogP contribution in [0, 0.1) is 5.92 Å². The van der Waals surface area contributed by atoms with Crippen molar-refractivity contribution in [1.29, 1.82) is 0 Å². The molecule has 0 bridgehead atoms. The Labute approximate surface area is 65.7 Å². The molecule has 1 fully saturated rings. The first-order valence-corrected chi connectivity index (χ1v) is 3.65. The first-order chi connectivity index (χ1) is 5.15. The van der Waals surface area contributed by atoms with Gasteiger partial charge in [-0.2, -0.15) is 0 Å². The first-order valence-electron chi connectivity index (χ1n) is 3.65. The summed E-state index contributed by atoms with van der Waals surface area (Å²) in [6, 6.07) is 0. The van der Waals surface area contributed by atoms with Gasteiger partial charge in [0.05, 0.1) is 12.5 Å². The normalized spacial score (nSPS) is 33.1. The molecule has 1 aliphatic heterocycles. The lowest BCUT2D eigenvalue weighted by Crippen LogP contribution is -2.27. The highest BCUT2D eigenvalue weighted by molar-refractivity contribution is 5.72. The van der Waals surface area contributed by atoms with Gasteiger partial charge in [0.25, 0.3) is 0 Å². The van der Waals surface area contributed by atoms with Crippen molar-refractivity contribution in [2.45, 2.75) is 25.6 Å². The van der Waals surface area contributed by atoms with E-state index in [-0.39, 0.29) is 18.0 Å². The molecule has 3 heteroatoms. The number of aliphatic hydroxyl groups excluding tert-OH is 1. The van der Waals surface area contributed by atoms with E-state index in [0.29, 0.717) is 6.42 Å². The largest absolute Gasteiger partial charge is 0.459 e. The molecule has 0 aliphatic carbocycles. The van der Waals surface area contributed by atoms with Crippen LogP contribution in [0.15, 0.2) is 12.7 Å². The smallest absolute Gasteiger partial charge is 0.306 e. The van der Waals surface area contributed by atoms with Crippen LogP contribution in [-0.2, 0) is 9.53 Å². The van der Waals surface area contributed by atoms with Crippen LogP contribution >= 0.6 is 0 Å². The number of carbonyl (C=O) groups excluding carboxylic acids is 1. The predicted molar refractivity (Wildman–Crippen MR) is 39.9 cm³/mol. The van der Waals surface area contributed by atoms with Crippen LogP contribution < -0.4 is 0 Å². The minimum absolute atomic E-state index is 0.0255. The molecule has 11 heavy (non-hydrogen) atoms. The number of cyclic esters (lactones) is 1. The SMILES string of the molecule is C=C[C@H]1CC(=O)O[C@@H]1C(C)O. The molecule has 1 N–H and O–H groups in total. The zero-order valence-corrected chi connectivity index (χ0v) is 6.49. The van der Waals surface area contributed by atoms with Crippen molar-refractivity contribution in [3.63, 3.8) is 0 Å². The van der Waals surface area contributed by atoms with Gasteiger partial charge in [-0.1, -0.05) is 6.08 Å². The average Bonchev–Trinajstić information content (AvgIpc) is 2.30. The number of esters is 1. The van der Waals surface area contributed by atoms with Gasteiger partial charge in [0.2, 0.25) is 0 Å². The maximum Gasteiger partial charge on any atom is 0.306 e. The van der Waals surface area contributed by atoms with Crippen LogP contribution in [0.4, 0.5) is 0 Å². The fourth-order valence-corrected chi connectivity index (χ4v) is 1.27. The summed E-state index contributed by atoms with van der Waals surface area (Å²) < 4.78 is 4.87. The molecule has 0 radical (unpaired) electrons. The molecule has 0 spiro atoms. The van der Waals surface area contributed by atoms with Crippen molar-refractivity contribution < 1.29 is 14.6 Å². The van der Waals surface area contributed by atoms with E-state index in [1.54, 1.807) is 13.0 Å². The number of rotatable bonds is 2. The van der Waals surface area contributed by atoms with Gasteiger partial charge in [0.1, 0.15) is 6.10 Å². The van der Waals surface area contributed by atoms with Crippen molar-refractivity contribution in [1.82, 2.24) is 0 Å². The van der Waals surface area contributed by atoms with Crippen LogP contribution in [-0.4, -0.2) is 23.3 Å². The lowest BCUT2D eigenvalue weighted by atomic mass is 9.98. The standard InChI is InChI=1S/C8H12O3/c1-3-6-4-7(10)11-8(6)5(2)9/h3,5-6,8-9H,1,4H2,2H3/t5?,6-,8+/m0/s1. The van der Waals surface area contributed by atoms with E-state index >= 15 is 0 Å². The van der Waals surface area contributed by atoms with E-state index in [1.807, 2.05) is 0 Å². The van der Waals surface area contributed by atoms with Crippen molar-refractivity contribution in [2.24, 2.45) is 5.92 Å². The van der Waals surface area contributed by atoms with Gasteiger partial charge >= 0.3 is 5.97 Å². The number of hydrogen-bond acceptors (Lipinski definition) is 3. The summed E-state index contributed by atoms with van der Waals surface area (Å²) in [5.41, 5.74) is 0. The minimum Gasteiger partial charge on any atom is -0.459 e. The molecule has 0 aromatic heterocycles. The van der Waals surface area contributed by atoms with Gasteiger partial charge in [-0.3, -0.25) is 4.79 Å². The van der Waals surface area contributed by atoms with E-state index in [2.05, 4.69) is 6.58 Å². The average molecular weight is 156 g/mol. The molecular formula is C8H12O3. The summed E-state index contributed by atoms with van der Waals surface area (Å²) in [7, 11) is 0. The molecule has 1 unspecified atom stereocenters. The van der Waals surface area contributed by atoms with Crippen LogP contribution in [0.5, 0.6) is 0 Å². The van der Waals surface area contributed by atoms with Crippen LogP contribution in [0.1, 0.15) is 13.3 Å². The van der Waals surface area contributed by atoms with Gasteiger partial charge in [-0.15, -0.1) is 6.58 Å². The predicted octanol–water partition coefficient (Wildman–Crippen LogP) is 0.485. The number of ether oxygens (including phenoxy) is 1. The van der Waals surface area contributed by atoms with E-state index in [9.17, 15) is 4.79 Å². The van der Waals surface area contributed by atoms with Gasteiger partial charge in [0, 0.05) is 5.92 Å². The molecule has 62 valence electrons. The Kier molecular flexibility index (Phi) is 2.29. The second-order valence-electron chi connectivity index (χ2n) is 2.80. The Hall–Kier alpha value is -0.830. The zero-order valence-electron chi connectivity index (χ0n) is 6.49. The third-order valence-corrected chi connectivity index (χ3v) is 1.87. The summed E-state index contributed by atoms with van der Waals surface area (Å²) in [5.74, 6) is -0.275. The summed E-state index contributed by atoms with van der Waals surface area (Å²) >= 11 is 0. The molecule has 0 amide bonds. The third kappa shape index (κ3) is 1.60. The molecular weight excluding hydrogens is 144 g/mol. The Balaban J connectivity index is 2.64. The molecule has 1 aliphatic rings. The quantitative estimate of drug-likeness (QED) is 0.467. The van der Waals surface area contributed by atoms with Gasteiger partial charge in [0.15, 0.2) is 0 Å². The molecule has 0 aromatic carbocycles. The van der Waals surface area contributed by atoms with E-state index in [1.165, 1.54) is 0 Å². The Morgan fingerprint density at radius 2 is 2.55 bits per heavy atom. The minimum atomic E-state index is -0.607. The topological polar surface area (TPSA) is 46.5 Å². The highest BCUT2D eigenvalue weighted by Gasteiger charge is 2.35. The van der Waals surface area contributed by atoms with Crippen molar-refractivity contribution in [3.8, 4) is 0 Å². The summed E-state index contributed by atoms with van der Waals surface area (Å²) in [6.07, 6.45) is 1.01. The second kappa shape index (κ2) is 3.05. The number of hydrogen-bond donors (Lipinski definition) is 1. The second-order valence-corrected chi connectivity index (χ2v) is 2.80. The van der Waals surface area contributed by atoms with Gasteiger partial charge in [-0.25, -0.2) is 0 Å². The van der Waals surface area contributed by atoms with Crippen LogP contribution in [0.3, 0.4) is 0 Å². The lowest BCUT2D eigenvalue weighted by Gasteiger charge is -2.16. The Bertz CT molecular complexity index is 174. The molecule has 3 atom stereocenters. The highest BCUT2D eigenvalue weighted by Crippen LogP contribution is 2.25. The van der Waals surface area contributed by atoms with Crippen molar-refractivity contribution >= 4 is 5.97 Å². The maximum absolute atomic E-state index is 10.7. The summed E-state index contributed by atoms with van der Waals surface area (Å²) in [5, 5.41) is 9.15. The first kappa shape index (κ1) is 8.27. The molecule has 1 heterocycles. The Morgan fingerprint density at radius 3 is 2.91 bits per heavy atom. The van der Waals surface area contributed by atoms with Crippen LogP contribution in [0.2, 0.25) is 0 Å². The van der Waals surface area contributed by atoms with E-state index in [0.717, 1.165) is 0 Å². The lowest BCUT2D eigenvalue weighted by molar-refractivity contribution is -0.145. The Morgan fingerprint density at radius 1 is 1.91 bits per heavy atom. The zero-order chi connectivity index (χ0) is 8.43. The van der Waals surface area contributed by atoms with Crippen LogP contribution in [0.25, 0.3) is 0 Å². The summed E-state index contributed by atoms with van der Waals surface area (Å²) in [6.45, 7) is 5.18.